The van der Waals surface area contributed by atoms with Crippen LogP contribution in [0.25, 0.3) is 10.8 Å². The number of phenolic OH excluding ortho intramolecular Hbond substituents is 2. The minimum atomic E-state index is -1.79. The maximum absolute atomic E-state index is 13.6. The van der Waals surface area contributed by atoms with Crippen LogP contribution in [0.1, 0.15) is 76.8 Å². The van der Waals surface area contributed by atoms with Crippen LogP contribution in [0.2, 0.25) is 0 Å². The summed E-state index contributed by atoms with van der Waals surface area (Å²) < 4.78 is 25.0. The highest BCUT2D eigenvalue weighted by Gasteiger charge is 2.59. The number of hydrogen-bond donors (Lipinski definition) is 7. The zero-order chi connectivity index (χ0) is 40.5. The molecule has 7 N–H and O–H groups in total. The molecule has 0 amide bonds. The monoisotopic (exact) mass is 828 g/mol. The van der Waals surface area contributed by atoms with E-state index in [0.29, 0.717) is 38.4 Å². The van der Waals surface area contributed by atoms with Gasteiger partial charge in [0, 0.05) is 41.8 Å². The van der Waals surface area contributed by atoms with Crippen molar-refractivity contribution in [3.8, 4) is 17.2 Å². The van der Waals surface area contributed by atoms with Gasteiger partial charge in [0.1, 0.15) is 47.1 Å². The number of ether oxygens (including phenoxy) is 4. The van der Waals surface area contributed by atoms with Gasteiger partial charge in [-0.25, -0.2) is 4.79 Å². The van der Waals surface area contributed by atoms with E-state index in [1.54, 1.807) is 10.8 Å². The molecule has 3 aromatic carbocycles. The summed E-state index contributed by atoms with van der Waals surface area (Å²) in [5.41, 5.74) is -1.34. The van der Waals surface area contributed by atoms with Crippen LogP contribution in [0.3, 0.4) is 0 Å². The summed E-state index contributed by atoms with van der Waals surface area (Å²) in [5, 5.41) is 77.7. The highest BCUT2D eigenvalue weighted by molar-refractivity contribution is 8.76. The van der Waals surface area contributed by atoms with Gasteiger partial charge in [0.05, 0.1) is 29.7 Å². The zero-order valence-corrected chi connectivity index (χ0v) is 33.5. The number of Topliss-reactive ketones (excluding diaryl/α,β-unsaturated/α-hetero) is 1. The zero-order valence-electron chi connectivity index (χ0n) is 31.9. The molecule has 9 atom stereocenters. The summed E-state index contributed by atoms with van der Waals surface area (Å²) in [4.78, 5) is 25.9. The Morgan fingerprint density at radius 3 is 2.51 bits per heavy atom. The van der Waals surface area contributed by atoms with Gasteiger partial charge in [-0.1, -0.05) is 64.8 Å². The van der Waals surface area contributed by atoms with E-state index in [1.807, 2.05) is 30.3 Å². The predicted octanol–water partition coefficient (Wildman–Crippen LogP) is 5.21. The highest BCUT2D eigenvalue weighted by atomic mass is 33.1. The van der Waals surface area contributed by atoms with Gasteiger partial charge in [0.25, 0.3) is 0 Å². The predicted molar refractivity (Wildman–Crippen MR) is 214 cm³/mol. The number of fused-ring (bicyclic) bond motifs is 1. The smallest absolute Gasteiger partial charge is 0.335 e. The summed E-state index contributed by atoms with van der Waals surface area (Å²) in [7, 11) is 3.04. The normalized spacial score (nSPS) is 32.0. The quantitative estimate of drug-likeness (QED) is 0.0794. The van der Waals surface area contributed by atoms with Crippen LogP contribution in [-0.4, -0.2) is 116 Å². The summed E-state index contributed by atoms with van der Waals surface area (Å²) >= 11 is 0. The van der Waals surface area contributed by atoms with Crippen LogP contribution in [-0.2, 0) is 20.6 Å². The molecule has 0 bridgehead atoms. The summed E-state index contributed by atoms with van der Waals surface area (Å²) in [6.07, 6.45) is -1.57. The van der Waals surface area contributed by atoms with Crippen molar-refractivity contribution in [1.82, 2.24) is 0 Å². The van der Waals surface area contributed by atoms with E-state index < -0.39 is 60.1 Å². The number of phenols is 2. The summed E-state index contributed by atoms with van der Waals surface area (Å²) in [6.45, 7) is 2.09. The topological polar surface area (TPSA) is 213 Å². The van der Waals surface area contributed by atoms with Crippen molar-refractivity contribution in [2.75, 3.05) is 38.1 Å². The number of carbonyl (C=O) groups is 2. The molecule has 3 aromatic rings. The molecule has 7 rings (SSSR count). The molecule has 15 heteroatoms. The Bertz CT molecular complexity index is 1920. The van der Waals surface area contributed by atoms with Gasteiger partial charge in [-0.05, 0) is 74.5 Å². The largest absolute Gasteiger partial charge is 0.507 e. The van der Waals surface area contributed by atoms with Gasteiger partial charge in [-0.2, -0.15) is 0 Å². The molecule has 3 saturated heterocycles. The third-order valence-corrected chi connectivity index (χ3v) is 15.1. The average Bonchev–Trinajstić information content (AvgIpc) is 3.24. The molecule has 3 heterocycles. The lowest BCUT2D eigenvalue weighted by Gasteiger charge is -2.54. The number of ketones is 1. The second-order valence-corrected chi connectivity index (χ2v) is 18.4. The first-order valence-electron chi connectivity index (χ1n) is 19.6. The first-order chi connectivity index (χ1) is 27.4. The summed E-state index contributed by atoms with van der Waals surface area (Å²) in [5.74, 6) is -1.53. The maximum atomic E-state index is 13.6. The maximum Gasteiger partial charge on any atom is 0.335 e. The van der Waals surface area contributed by atoms with Gasteiger partial charge in [-0.15, -0.1) is 0 Å². The molecule has 13 nitrogen and oxygen atoms in total. The summed E-state index contributed by atoms with van der Waals surface area (Å²) in [6, 6.07) is 11.5. The molecule has 0 aromatic heterocycles. The second-order valence-electron chi connectivity index (χ2n) is 16.0. The van der Waals surface area contributed by atoms with Crippen molar-refractivity contribution < 1.29 is 64.3 Å². The van der Waals surface area contributed by atoms with Crippen LogP contribution in [0, 0.1) is 30.1 Å². The van der Waals surface area contributed by atoms with Crippen LogP contribution in [0.4, 0.5) is 0 Å². The molecule has 57 heavy (non-hydrogen) atoms. The van der Waals surface area contributed by atoms with Crippen molar-refractivity contribution in [2.24, 2.45) is 23.2 Å². The second kappa shape index (κ2) is 17.6. The van der Waals surface area contributed by atoms with Crippen molar-refractivity contribution in [2.45, 2.75) is 88.5 Å². The fraction of sp³-hybridized carbons (Fsp3) is 0.571. The number of hydrogen-bond acceptors (Lipinski definition) is 14. The van der Waals surface area contributed by atoms with Gasteiger partial charge < -0.3 is 54.7 Å². The number of aromatic hydroxyl groups is 2. The number of aliphatic hydroxyl groups is 4. The SMILES string of the molecule is Cc1c(C(=O)CCc2ccccc2)c(O)c2c(OC3OC(CO)C4(CCC5CCCC6COCC(CCO)(CSSCO4)C56)C(O)C3O)cc(C(=O)O)cc2c1O. The van der Waals surface area contributed by atoms with Crippen LogP contribution in [0.5, 0.6) is 17.2 Å². The van der Waals surface area contributed by atoms with E-state index >= 15 is 0 Å². The molecule has 3 aliphatic heterocycles. The third-order valence-electron chi connectivity index (χ3n) is 12.8. The van der Waals surface area contributed by atoms with E-state index in [0.717, 1.165) is 42.7 Å². The molecular formula is C42H52O13S2. The molecular weight excluding hydrogens is 777 g/mol. The Balaban J connectivity index is 1.21. The molecule has 9 unspecified atom stereocenters. The first kappa shape index (κ1) is 42.0. The Labute approximate surface area is 339 Å². The number of benzene rings is 3. The Morgan fingerprint density at radius 1 is 1.00 bits per heavy atom. The molecule has 1 aliphatic carbocycles. The van der Waals surface area contributed by atoms with E-state index in [9.17, 15) is 45.3 Å². The van der Waals surface area contributed by atoms with E-state index in [-0.39, 0.29) is 75.9 Å². The van der Waals surface area contributed by atoms with Gasteiger partial charge in [0.2, 0.25) is 6.29 Å². The lowest BCUT2D eigenvalue weighted by molar-refractivity contribution is -0.323. The number of aryl methyl sites for hydroxylation is 1. The Kier molecular flexibility index (Phi) is 13.0. The van der Waals surface area contributed by atoms with Crippen molar-refractivity contribution in [1.29, 1.82) is 0 Å². The van der Waals surface area contributed by atoms with Crippen LogP contribution in [0.15, 0.2) is 42.5 Å². The van der Waals surface area contributed by atoms with E-state index in [4.69, 9.17) is 18.9 Å². The average molecular weight is 829 g/mol. The highest BCUT2D eigenvalue weighted by Crippen LogP contribution is 2.55. The lowest BCUT2D eigenvalue weighted by Crippen LogP contribution is -2.69. The van der Waals surface area contributed by atoms with Crippen LogP contribution < -0.4 is 4.74 Å². The Hall–Kier alpha value is -3.12. The minimum absolute atomic E-state index is 0.00108. The molecule has 1 saturated carbocycles. The number of carboxylic acids is 1. The van der Waals surface area contributed by atoms with Crippen LogP contribution >= 0.6 is 21.6 Å². The number of carbonyl (C=O) groups excluding carboxylic acids is 1. The van der Waals surface area contributed by atoms with E-state index in [1.165, 1.54) is 17.7 Å². The van der Waals surface area contributed by atoms with Gasteiger partial charge in [-0.3, -0.25) is 4.79 Å². The minimum Gasteiger partial charge on any atom is -0.507 e. The number of rotatable bonds is 10. The van der Waals surface area contributed by atoms with Gasteiger partial charge >= 0.3 is 5.97 Å². The van der Waals surface area contributed by atoms with E-state index in [2.05, 4.69) is 0 Å². The molecule has 1 spiro atoms. The third kappa shape index (κ3) is 7.99. The fourth-order valence-electron chi connectivity index (χ4n) is 10.0. The number of aliphatic hydroxyl groups excluding tert-OH is 4. The molecule has 4 aliphatic rings. The molecule has 0 radical (unpaired) electrons. The van der Waals surface area contributed by atoms with Crippen molar-refractivity contribution >= 4 is 44.1 Å². The number of aromatic carboxylic acids is 1. The van der Waals surface area contributed by atoms with Gasteiger partial charge in [0.15, 0.2) is 5.78 Å². The Morgan fingerprint density at radius 2 is 1.77 bits per heavy atom. The molecule has 310 valence electrons. The van der Waals surface area contributed by atoms with Crippen molar-refractivity contribution in [3.05, 3.63) is 64.7 Å². The first-order valence-corrected chi connectivity index (χ1v) is 22.1. The lowest BCUT2D eigenvalue weighted by atomic mass is 9.56. The van der Waals surface area contributed by atoms with Crippen molar-refractivity contribution in [3.63, 3.8) is 0 Å². The standard InChI is InChI=1S/C42H52O13S2/c1-23-32(29(45)11-10-24-6-3-2-4-7-24)36(47)33-28(35(23)46)16-27(39(50)51)17-30(33)54-40-37(48)38(49)42(31(18-44)55-40)13-12-25-8-5-9-26-19-52-20-41(14-15-43,34(25)26)21-56-57-22-53-42/h2-4,6-7,16-17,25-26,31,34,37-38,40,43-44,46-49H,5,8-15,18-22H2,1H3,(H,50,51). The molecule has 4 fully saturated rings. The number of carboxylic acid groups (broad SMARTS) is 1. The fourth-order valence-corrected chi connectivity index (χ4v) is 12.4.